The monoisotopic (exact) mass is 459 g/mol. The van der Waals surface area contributed by atoms with E-state index < -0.39 is 0 Å². The Balaban J connectivity index is 1.62. The van der Waals surface area contributed by atoms with Crippen LogP contribution in [0, 0.1) is 11.8 Å². The molecule has 4 heterocycles. The molecule has 2 aromatic rings. The zero-order valence-corrected chi connectivity index (χ0v) is 20.3. The number of unbranched alkanes of at least 4 members (excludes halogenated alkanes) is 1. The quantitative estimate of drug-likeness (QED) is 0.439. The van der Waals surface area contributed by atoms with Crippen molar-refractivity contribution < 1.29 is 9.47 Å². The number of hydrogen-bond acceptors (Lipinski definition) is 8. The Labute approximate surface area is 197 Å². The van der Waals surface area contributed by atoms with Crippen LogP contribution in [0.4, 0.5) is 5.82 Å². The Bertz CT molecular complexity index is 875. The molecule has 0 spiro atoms. The molecule has 0 saturated carbocycles. The number of nitrogens with two attached hydrogens (primary N) is 1. The maximum Gasteiger partial charge on any atom is 0.320 e. The Morgan fingerprint density at radius 1 is 1.03 bits per heavy atom. The van der Waals surface area contributed by atoms with Gasteiger partial charge in [0.05, 0.1) is 13.7 Å². The van der Waals surface area contributed by atoms with Gasteiger partial charge >= 0.3 is 6.01 Å². The van der Waals surface area contributed by atoms with Crippen LogP contribution >= 0.6 is 0 Å². The number of piperidine rings is 2. The van der Waals surface area contributed by atoms with Gasteiger partial charge < -0.3 is 25.8 Å². The predicted octanol–water partition coefficient (Wildman–Crippen LogP) is 3.31. The average Bonchev–Trinajstić information content (AvgIpc) is 3.22. The summed E-state index contributed by atoms with van der Waals surface area (Å²) in [6.45, 7) is 7.12. The summed E-state index contributed by atoms with van der Waals surface area (Å²) < 4.78 is 13.8. The normalized spacial score (nSPS) is 19.1. The van der Waals surface area contributed by atoms with Gasteiger partial charge in [-0.25, -0.2) is 0 Å². The summed E-state index contributed by atoms with van der Waals surface area (Å²) in [6.07, 6.45) is 10.4. The number of fused-ring (bicyclic) bond motifs is 1. The van der Waals surface area contributed by atoms with E-state index in [1.165, 1.54) is 25.7 Å². The lowest BCUT2D eigenvalue weighted by Gasteiger charge is -2.33. The van der Waals surface area contributed by atoms with Crippen LogP contribution < -0.4 is 25.8 Å². The average molecular weight is 460 g/mol. The first-order valence-electron chi connectivity index (χ1n) is 12.8. The molecular weight excluding hydrogens is 418 g/mol. The van der Waals surface area contributed by atoms with E-state index in [1.54, 1.807) is 7.11 Å². The summed E-state index contributed by atoms with van der Waals surface area (Å²) in [7, 11) is 1.68. The van der Waals surface area contributed by atoms with Crippen LogP contribution in [-0.2, 0) is 0 Å². The van der Waals surface area contributed by atoms with Crippen molar-refractivity contribution in [1.82, 2.24) is 30.2 Å². The minimum Gasteiger partial charge on any atom is -0.468 e. The summed E-state index contributed by atoms with van der Waals surface area (Å²) >= 11 is 0. The van der Waals surface area contributed by atoms with E-state index >= 15 is 0 Å². The van der Waals surface area contributed by atoms with E-state index in [9.17, 15) is 0 Å². The molecule has 9 nitrogen and oxygen atoms in total. The van der Waals surface area contributed by atoms with Crippen LogP contribution in [0.5, 0.6) is 12.0 Å². The Hall–Kier alpha value is -2.13. The molecule has 1 atom stereocenters. The van der Waals surface area contributed by atoms with Crippen LogP contribution in [0.1, 0.15) is 70.8 Å². The van der Waals surface area contributed by atoms with E-state index in [-0.39, 0.29) is 6.04 Å². The highest BCUT2D eigenvalue weighted by atomic mass is 16.5. The van der Waals surface area contributed by atoms with Crippen molar-refractivity contribution in [3.05, 3.63) is 0 Å². The van der Waals surface area contributed by atoms with Crippen LogP contribution in [0.3, 0.4) is 0 Å². The Morgan fingerprint density at radius 2 is 1.76 bits per heavy atom. The molecule has 0 aromatic carbocycles. The maximum absolute atomic E-state index is 6.30. The van der Waals surface area contributed by atoms with Gasteiger partial charge in [-0.3, -0.25) is 4.57 Å². The highest BCUT2D eigenvalue weighted by Gasteiger charge is 2.31. The molecule has 9 heteroatoms. The summed E-state index contributed by atoms with van der Waals surface area (Å²) in [6, 6.07) is 1.17. The van der Waals surface area contributed by atoms with E-state index in [0.29, 0.717) is 35.9 Å². The Morgan fingerprint density at radius 3 is 2.45 bits per heavy atom. The largest absolute Gasteiger partial charge is 0.468 e. The van der Waals surface area contributed by atoms with Crippen molar-refractivity contribution in [2.75, 3.05) is 45.6 Å². The van der Waals surface area contributed by atoms with Gasteiger partial charge in [0, 0.05) is 6.04 Å². The molecule has 2 aliphatic rings. The van der Waals surface area contributed by atoms with Crippen molar-refractivity contribution in [1.29, 1.82) is 0 Å². The van der Waals surface area contributed by atoms with E-state index in [0.717, 1.165) is 69.8 Å². The number of methoxy groups -OCH3 is 1. The van der Waals surface area contributed by atoms with Gasteiger partial charge in [-0.1, -0.05) is 26.2 Å². The molecule has 2 saturated heterocycles. The SMILES string of the molecule is CCCCOc1nc(N)c2nc(OC)n(C(CCCC3CCNCC3)C3CCNCC3)c2n1. The third-order valence-corrected chi connectivity index (χ3v) is 7.26. The summed E-state index contributed by atoms with van der Waals surface area (Å²) in [4.78, 5) is 13.8. The van der Waals surface area contributed by atoms with Crippen molar-refractivity contribution in [2.45, 2.75) is 70.8 Å². The van der Waals surface area contributed by atoms with E-state index in [1.807, 2.05) is 0 Å². The lowest BCUT2D eigenvalue weighted by atomic mass is 9.85. The zero-order chi connectivity index (χ0) is 23.0. The number of ether oxygens (including phenoxy) is 2. The number of hydrogen-bond donors (Lipinski definition) is 3. The first kappa shape index (κ1) is 24.0. The number of nitrogen functional groups attached to an aromatic ring is 1. The van der Waals surface area contributed by atoms with Gasteiger partial charge in [-0.05, 0) is 76.5 Å². The molecule has 0 aliphatic carbocycles. The van der Waals surface area contributed by atoms with Crippen LogP contribution in [-0.4, -0.2) is 59.4 Å². The molecule has 0 radical (unpaired) electrons. The second-order valence-electron chi connectivity index (χ2n) is 9.51. The minimum atomic E-state index is 0.270. The summed E-state index contributed by atoms with van der Waals surface area (Å²) in [5.74, 6) is 1.73. The first-order valence-corrected chi connectivity index (χ1v) is 12.8. The number of nitrogens with one attached hydrogen (secondary N) is 2. The molecule has 4 N–H and O–H groups in total. The van der Waals surface area contributed by atoms with Gasteiger partial charge in [0.2, 0.25) is 0 Å². The number of aromatic nitrogens is 4. The molecule has 4 rings (SSSR count). The maximum atomic E-state index is 6.30. The van der Waals surface area contributed by atoms with Crippen LogP contribution in [0.2, 0.25) is 0 Å². The highest BCUT2D eigenvalue weighted by molar-refractivity contribution is 5.83. The number of imidazole rings is 1. The molecule has 1 unspecified atom stereocenters. The molecule has 184 valence electrons. The molecule has 0 amide bonds. The molecule has 0 bridgehead atoms. The van der Waals surface area contributed by atoms with Gasteiger partial charge in [0.25, 0.3) is 6.01 Å². The zero-order valence-electron chi connectivity index (χ0n) is 20.3. The molecule has 2 fully saturated rings. The van der Waals surface area contributed by atoms with E-state index in [2.05, 4.69) is 27.1 Å². The third-order valence-electron chi connectivity index (χ3n) is 7.26. The molecule has 2 aromatic heterocycles. The van der Waals surface area contributed by atoms with Crippen molar-refractivity contribution in [3.63, 3.8) is 0 Å². The lowest BCUT2D eigenvalue weighted by Crippen LogP contribution is -2.33. The summed E-state index contributed by atoms with van der Waals surface area (Å²) in [5, 5.41) is 6.98. The number of rotatable bonds is 11. The van der Waals surface area contributed by atoms with E-state index in [4.69, 9.17) is 25.2 Å². The molecular formula is C24H41N7O2. The standard InChI is InChI=1S/C24H41N7O2/c1-3-4-16-33-23-29-21(25)20-22(30-23)31(24(28-20)32-2)19(18-10-14-27-15-11-18)7-5-6-17-8-12-26-13-9-17/h17-19,26-27H,3-16H2,1-2H3,(H2,25,29,30). The topological polar surface area (TPSA) is 112 Å². The second kappa shape index (κ2) is 11.8. The van der Waals surface area contributed by atoms with Gasteiger partial charge in [-0.15, -0.1) is 0 Å². The molecule has 2 aliphatic heterocycles. The van der Waals surface area contributed by atoms with Gasteiger partial charge in [-0.2, -0.15) is 15.0 Å². The van der Waals surface area contributed by atoms with Gasteiger partial charge in [0.1, 0.15) is 0 Å². The van der Waals surface area contributed by atoms with Crippen LogP contribution in [0.15, 0.2) is 0 Å². The fourth-order valence-electron chi connectivity index (χ4n) is 5.36. The predicted molar refractivity (Wildman–Crippen MR) is 131 cm³/mol. The third kappa shape index (κ3) is 5.87. The highest BCUT2D eigenvalue weighted by Crippen LogP contribution is 2.38. The van der Waals surface area contributed by atoms with Gasteiger partial charge in [0.15, 0.2) is 17.0 Å². The van der Waals surface area contributed by atoms with Crippen molar-refractivity contribution in [2.24, 2.45) is 11.8 Å². The smallest absolute Gasteiger partial charge is 0.320 e. The Kier molecular flexibility index (Phi) is 8.61. The van der Waals surface area contributed by atoms with Crippen molar-refractivity contribution in [3.8, 4) is 12.0 Å². The lowest BCUT2D eigenvalue weighted by molar-refractivity contribution is 0.219. The fourth-order valence-corrected chi connectivity index (χ4v) is 5.36. The number of nitrogens with zero attached hydrogens (tertiary/aromatic N) is 4. The summed E-state index contributed by atoms with van der Waals surface area (Å²) in [5.41, 5.74) is 7.63. The minimum absolute atomic E-state index is 0.270. The second-order valence-corrected chi connectivity index (χ2v) is 9.51. The van der Waals surface area contributed by atoms with Crippen molar-refractivity contribution >= 4 is 17.0 Å². The van der Waals surface area contributed by atoms with Crippen LogP contribution in [0.25, 0.3) is 11.2 Å². The number of anilines is 1. The fraction of sp³-hybridized carbons (Fsp3) is 0.792. The molecule has 33 heavy (non-hydrogen) atoms. The first-order chi connectivity index (χ1) is 16.2.